The zero-order valence-corrected chi connectivity index (χ0v) is 11.8. The fourth-order valence-corrected chi connectivity index (χ4v) is 2.49. The Morgan fingerprint density at radius 1 is 1.35 bits per heavy atom. The molecule has 0 spiro atoms. The SMILES string of the molecule is Cc1cc(N2CCN(C(C)C(=O)O)CC2)ccc1C#N. The third kappa shape index (κ3) is 2.91. The van der Waals surface area contributed by atoms with Crippen LogP contribution in [0, 0.1) is 18.3 Å². The first kappa shape index (κ1) is 14.4. The van der Waals surface area contributed by atoms with Crippen molar-refractivity contribution in [3.63, 3.8) is 0 Å². The molecule has 0 bridgehead atoms. The van der Waals surface area contributed by atoms with E-state index < -0.39 is 12.0 Å². The zero-order chi connectivity index (χ0) is 14.7. The second kappa shape index (κ2) is 5.93. The smallest absolute Gasteiger partial charge is 0.320 e. The molecule has 1 saturated heterocycles. The van der Waals surface area contributed by atoms with Crippen LogP contribution in [-0.4, -0.2) is 48.2 Å². The van der Waals surface area contributed by atoms with Crippen molar-refractivity contribution < 1.29 is 9.90 Å². The van der Waals surface area contributed by atoms with Gasteiger partial charge in [0.25, 0.3) is 0 Å². The van der Waals surface area contributed by atoms with Gasteiger partial charge in [0.2, 0.25) is 0 Å². The number of anilines is 1. The summed E-state index contributed by atoms with van der Waals surface area (Å²) in [5.74, 6) is -0.771. The summed E-state index contributed by atoms with van der Waals surface area (Å²) < 4.78 is 0. The van der Waals surface area contributed by atoms with Crippen LogP contribution in [0.3, 0.4) is 0 Å². The van der Waals surface area contributed by atoms with Crippen molar-refractivity contribution in [2.75, 3.05) is 31.1 Å². The van der Waals surface area contributed by atoms with Crippen LogP contribution in [0.2, 0.25) is 0 Å². The fourth-order valence-electron chi connectivity index (χ4n) is 2.49. The van der Waals surface area contributed by atoms with Crippen molar-refractivity contribution in [2.24, 2.45) is 0 Å². The summed E-state index contributed by atoms with van der Waals surface area (Å²) >= 11 is 0. The van der Waals surface area contributed by atoms with Crippen molar-refractivity contribution in [1.82, 2.24) is 4.90 Å². The number of carboxylic acids is 1. The molecule has 1 aliphatic rings. The van der Waals surface area contributed by atoms with Crippen LogP contribution < -0.4 is 4.90 Å². The minimum atomic E-state index is -0.771. The Kier molecular flexibility index (Phi) is 4.26. The fraction of sp³-hybridized carbons (Fsp3) is 0.467. The van der Waals surface area contributed by atoms with Crippen molar-refractivity contribution in [2.45, 2.75) is 19.9 Å². The van der Waals surface area contributed by atoms with E-state index in [0.717, 1.165) is 37.4 Å². The summed E-state index contributed by atoms with van der Waals surface area (Å²) in [6.45, 7) is 6.76. The molecule has 0 amide bonds. The van der Waals surface area contributed by atoms with Crippen LogP contribution in [0.15, 0.2) is 18.2 Å². The van der Waals surface area contributed by atoms with E-state index in [2.05, 4.69) is 11.0 Å². The van der Waals surface area contributed by atoms with Crippen molar-refractivity contribution in [3.05, 3.63) is 29.3 Å². The highest BCUT2D eigenvalue weighted by molar-refractivity contribution is 5.73. The van der Waals surface area contributed by atoms with E-state index in [9.17, 15) is 4.79 Å². The van der Waals surface area contributed by atoms with Gasteiger partial charge in [0, 0.05) is 31.9 Å². The largest absolute Gasteiger partial charge is 0.480 e. The minimum absolute atomic E-state index is 0.431. The van der Waals surface area contributed by atoms with Gasteiger partial charge in [-0.3, -0.25) is 9.69 Å². The Morgan fingerprint density at radius 2 is 2.00 bits per heavy atom. The molecule has 0 aromatic heterocycles. The molecule has 1 aliphatic heterocycles. The molecule has 5 nitrogen and oxygen atoms in total. The van der Waals surface area contributed by atoms with Gasteiger partial charge in [-0.15, -0.1) is 0 Å². The number of aliphatic carboxylic acids is 1. The van der Waals surface area contributed by atoms with Crippen LogP contribution in [0.5, 0.6) is 0 Å². The van der Waals surface area contributed by atoms with Gasteiger partial charge in [0.05, 0.1) is 11.6 Å². The number of hydrogen-bond donors (Lipinski definition) is 1. The Labute approximate surface area is 119 Å². The van der Waals surface area contributed by atoms with Gasteiger partial charge in [-0.2, -0.15) is 5.26 Å². The summed E-state index contributed by atoms with van der Waals surface area (Å²) in [5, 5.41) is 18.0. The van der Waals surface area contributed by atoms with Crippen LogP contribution in [0.25, 0.3) is 0 Å². The van der Waals surface area contributed by atoms with E-state index in [1.165, 1.54) is 0 Å². The maximum absolute atomic E-state index is 11.0. The molecule has 2 rings (SSSR count). The van der Waals surface area contributed by atoms with Crippen LogP contribution in [0.4, 0.5) is 5.69 Å². The van der Waals surface area contributed by atoms with Crippen molar-refractivity contribution >= 4 is 11.7 Å². The highest BCUT2D eigenvalue weighted by Crippen LogP contribution is 2.20. The number of benzene rings is 1. The summed E-state index contributed by atoms with van der Waals surface area (Å²) in [4.78, 5) is 15.2. The molecule has 20 heavy (non-hydrogen) atoms. The predicted molar refractivity (Wildman–Crippen MR) is 76.8 cm³/mol. The van der Waals surface area contributed by atoms with Gasteiger partial charge < -0.3 is 10.0 Å². The standard InChI is InChI=1S/C15H19N3O2/c1-11-9-14(4-3-13(11)10-16)18-7-5-17(6-8-18)12(2)15(19)20/h3-4,9,12H,5-8H2,1-2H3,(H,19,20). The van der Waals surface area contributed by atoms with Crippen molar-refractivity contribution in [3.8, 4) is 6.07 Å². The predicted octanol–water partition coefficient (Wildman–Crippen LogP) is 1.46. The number of aryl methyl sites for hydroxylation is 1. The number of carboxylic acid groups (broad SMARTS) is 1. The van der Waals surface area contributed by atoms with E-state index in [1.54, 1.807) is 6.92 Å². The van der Waals surface area contributed by atoms with E-state index in [1.807, 2.05) is 30.0 Å². The Bertz CT molecular complexity index is 543. The topological polar surface area (TPSA) is 67.6 Å². The Morgan fingerprint density at radius 3 is 2.50 bits per heavy atom. The molecule has 1 heterocycles. The first-order valence-electron chi connectivity index (χ1n) is 6.75. The average molecular weight is 273 g/mol. The van der Waals surface area contributed by atoms with Crippen molar-refractivity contribution in [1.29, 1.82) is 5.26 Å². The van der Waals surface area contributed by atoms with E-state index in [4.69, 9.17) is 10.4 Å². The molecule has 1 aromatic carbocycles. The monoisotopic (exact) mass is 273 g/mol. The molecule has 0 radical (unpaired) electrons. The number of hydrogen-bond acceptors (Lipinski definition) is 4. The minimum Gasteiger partial charge on any atom is -0.480 e. The molecule has 106 valence electrons. The molecule has 5 heteroatoms. The molecule has 1 unspecified atom stereocenters. The molecular formula is C15H19N3O2. The normalized spacial score (nSPS) is 17.6. The van der Waals surface area contributed by atoms with Gasteiger partial charge in [0.1, 0.15) is 6.04 Å². The molecule has 0 aliphatic carbocycles. The zero-order valence-electron chi connectivity index (χ0n) is 11.8. The van der Waals surface area contributed by atoms with Crippen LogP contribution in [0.1, 0.15) is 18.1 Å². The third-order valence-corrected chi connectivity index (χ3v) is 3.91. The molecule has 1 N–H and O–H groups in total. The highest BCUT2D eigenvalue weighted by Gasteiger charge is 2.25. The summed E-state index contributed by atoms with van der Waals surface area (Å²) in [6.07, 6.45) is 0. The lowest BCUT2D eigenvalue weighted by Gasteiger charge is -2.37. The molecular weight excluding hydrogens is 254 g/mol. The van der Waals surface area contributed by atoms with E-state index in [0.29, 0.717) is 5.56 Å². The van der Waals surface area contributed by atoms with Crippen LogP contribution in [-0.2, 0) is 4.79 Å². The molecule has 1 atom stereocenters. The third-order valence-electron chi connectivity index (χ3n) is 3.91. The lowest BCUT2D eigenvalue weighted by Crippen LogP contribution is -2.51. The molecule has 0 saturated carbocycles. The lowest BCUT2D eigenvalue weighted by atomic mass is 10.1. The van der Waals surface area contributed by atoms with Gasteiger partial charge in [-0.25, -0.2) is 0 Å². The van der Waals surface area contributed by atoms with E-state index in [-0.39, 0.29) is 0 Å². The second-order valence-corrected chi connectivity index (χ2v) is 5.15. The first-order valence-corrected chi connectivity index (χ1v) is 6.75. The lowest BCUT2D eigenvalue weighted by molar-refractivity contribution is -0.142. The first-order chi connectivity index (χ1) is 9.52. The number of piperazine rings is 1. The molecule has 1 fully saturated rings. The maximum Gasteiger partial charge on any atom is 0.320 e. The second-order valence-electron chi connectivity index (χ2n) is 5.15. The highest BCUT2D eigenvalue weighted by atomic mass is 16.4. The van der Waals surface area contributed by atoms with E-state index >= 15 is 0 Å². The van der Waals surface area contributed by atoms with Crippen LogP contribution >= 0.6 is 0 Å². The molecule has 1 aromatic rings. The van der Waals surface area contributed by atoms with Gasteiger partial charge >= 0.3 is 5.97 Å². The van der Waals surface area contributed by atoms with Gasteiger partial charge in [-0.1, -0.05) is 0 Å². The Balaban J connectivity index is 2.02. The number of nitrogens with zero attached hydrogens (tertiary/aromatic N) is 3. The van der Waals surface area contributed by atoms with Gasteiger partial charge in [0.15, 0.2) is 0 Å². The Hall–Kier alpha value is -2.06. The number of rotatable bonds is 3. The number of nitriles is 1. The average Bonchev–Trinajstić information content (AvgIpc) is 2.46. The maximum atomic E-state index is 11.0. The van der Waals surface area contributed by atoms with Gasteiger partial charge in [-0.05, 0) is 37.6 Å². The number of carbonyl (C=O) groups is 1. The summed E-state index contributed by atoms with van der Waals surface area (Å²) in [5.41, 5.74) is 2.78. The summed E-state index contributed by atoms with van der Waals surface area (Å²) in [6, 6.07) is 7.56. The summed E-state index contributed by atoms with van der Waals surface area (Å²) in [7, 11) is 0. The quantitative estimate of drug-likeness (QED) is 0.903.